The number of carbonyl (C=O) groups excluding carboxylic acids is 3. The third-order valence-corrected chi connectivity index (χ3v) is 6.65. The molecule has 190 valence electrons. The van der Waals surface area contributed by atoms with Gasteiger partial charge in [0.15, 0.2) is 11.5 Å². The van der Waals surface area contributed by atoms with Crippen molar-refractivity contribution in [1.82, 2.24) is 4.90 Å². The number of nitrogens with one attached hydrogen (secondary N) is 1. The maximum absolute atomic E-state index is 12.9. The second-order valence-electron chi connectivity index (χ2n) is 7.83. The molecule has 0 bridgehead atoms. The minimum absolute atomic E-state index is 0.203. The van der Waals surface area contributed by atoms with Gasteiger partial charge in [0.25, 0.3) is 11.1 Å². The Balaban J connectivity index is 1.41. The Hall–Kier alpha value is -3.95. The number of carbonyl (C=O) groups is 3. The molecule has 0 aliphatic carbocycles. The predicted molar refractivity (Wildman–Crippen MR) is 143 cm³/mol. The Labute approximate surface area is 223 Å². The van der Waals surface area contributed by atoms with E-state index in [4.69, 9.17) is 25.8 Å². The highest BCUT2D eigenvalue weighted by Gasteiger charge is 2.36. The number of methoxy groups -OCH3 is 2. The van der Waals surface area contributed by atoms with Gasteiger partial charge in [0.1, 0.15) is 18.9 Å². The van der Waals surface area contributed by atoms with Crippen LogP contribution in [0.15, 0.2) is 71.6 Å². The van der Waals surface area contributed by atoms with Gasteiger partial charge in [0, 0.05) is 16.3 Å². The summed E-state index contributed by atoms with van der Waals surface area (Å²) in [6.45, 7) is -0.140. The van der Waals surface area contributed by atoms with Crippen molar-refractivity contribution >= 4 is 52.2 Å². The van der Waals surface area contributed by atoms with Crippen molar-refractivity contribution in [3.05, 3.63) is 87.8 Å². The fraction of sp³-hybridized carbons (Fsp3) is 0.148. The largest absolute Gasteiger partial charge is 0.497 e. The van der Waals surface area contributed by atoms with Crippen LogP contribution in [-0.4, -0.2) is 42.7 Å². The first-order chi connectivity index (χ1) is 17.9. The molecular formula is C27H23ClN2O6S. The standard InChI is InChI=1S/C27H23ClN2O6S/c1-34-20-10-8-19(9-11-20)29-25(31)15-30-26(32)24(37-27(30)33)14-17-7-12-22(23(13-17)35-2)36-16-18-5-3-4-6-21(18)28/h3-14H,15-16H2,1-2H3,(H,29,31)/b24-14+. The summed E-state index contributed by atoms with van der Waals surface area (Å²) >= 11 is 6.96. The van der Waals surface area contributed by atoms with Crippen molar-refractivity contribution < 1.29 is 28.6 Å². The molecule has 4 rings (SSSR count). The predicted octanol–water partition coefficient (Wildman–Crippen LogP) is 5.61. The molecule has 0 spiro atoms. The van der Waals surface area contributed by atoms with Crippen LogP contribution in [0.25, 0.3) is 6.08 Å². The lowest BCUT2D eigenvalue weighted by molar-refractivity contribution is -0.127. The highest BCUT2D eigenvalue weighted by molar-refractivity contribution is 8.18. The number of nitrogens with zero attached hydrogens (tertiary/aromatic N) is 1. The van der Waals surface area contributed by atoms with Crippen LogP contribution in [0.1, 0.15) is 11.1 Å². The zero-order valence-corrected chi connectivity index (χ0v) is 21.6. The summed E-state index contributed by atoms with van der Waals surface area (Å²) in [5, 5.41) is 2.75. The van der Waals surface area contributed by atoms with E-state index in [2.05, 4.69) is 5.32 Å². The smallest absolute Gasteiger partial charge is 0.294 e. The minimum Gasteiger partial charge on any atom is -0.497 e. The molecule has 10 heteroatoms. The van der Waals surface area contributed by atoms with Gasteiger partial charge in [-0.05, 0) is 65.9 Å². The minimum atomic E-state index is -0.544. The number of amides is 3. The molecular weight excluding hydrogens is 516 g/mol. The van der Waals surface area contributed by atoms with Crippen LogP contribution in [0.2, 0.25) is 5.02 Å². The summed E-state index contributed by atoms with van der Waals surface area (Å²) in [6, 6.07) is 19.3. The Kier molecular flexibility index (Phi) is 8.37. The van der Waals surface area contributed by atoms with Crippen molar-refractivity contribution in [1.29, 1.82) is 0 Å². The van der Waals surface area contributed by atoms with E-state index in [0.717, 1.165) is 22.2 Å². The number of anilines is 1. The zero-order valence-electron chi connectivity index (χ0n) is 20.0. The summed E-state index contributed by atoms with van der Waals surface area (Å²) in [5.41, 5.74) is 1.99. The van der Waals surface area contributed by atoms with Crippen molar-refractivity contribution in [2.75, 3.05) is 26.1 Å². The first-order valence-electron chi connectivity index (χ1n) is 11.1. The average Bonchev–Trinajstić information content (AvgIpc) is 3.16. The van der Waals surface area contributed by atoms with Crippen LogP contribution in [0.5, 0.6) is 17.2 Å². The summed E-state index contributed by atoms with van der Waals surface area (Å²) < 4.78 is 16.4. The van der Waals surface area contributed by atoms with Crippen LogP contribution < -0.4 is 19.5 Å². The molecule has 0 saturated carbocycles. The molecule has 1 aliphatic heterocycles. The number of benzene rings is 3. The molecule has 1 saturated heterocycles. The van der Waals surface area contributed by atoms with Gasteiger partial charge in [-0.25, -0.2) is 0 Å². The molecule has 0 unspecified atom stereocenters. The molecule has 3 amide bonds. The SMILES string of the molecule is COc1ccc(NC(=O)CN2C(=O)S/C(=C/c3ccc(OCc4ccccc4Cl)c(OC)c3)C2=O)cc1. The molecule has 0 aromatic heterocycles. The quantitative estimate of drug-likeness (QED) is 0.354. The Morgan fingerprint density at radius 3 is 2.46 bits per heavy atom. The van der Waals surface area contributed by atoms with Gasteiger partial charge in [0.2, 0.25) is 5.91 Å². The second-order valence-corrected chi connectivity index (χ2v) is 9.24. The Morgan fingerprint density at radius 2 is 1.76 bits per heavy atom. The van der Waals surface area contributed by atoms with E-state index in [-0.39, 0.29) is 11.5 Å². The summed E-state index contributed by atoms with van der Waals surface area (Å²) in [6.07, 6.45) is 1.58. The highest BCUT2D eigenvalue weighted by atomic mass is 35.5. The third-order valence-electron chi connectivity index (χ3n) is 5.38. The topological polar surface area (TPSA) is 94.2 Å². The van der Waals surface area contributed by atoms with E-state index >= 15 is 0 Å². The molecule has 37 heavy (non-hydrogen) atoms. The fourth-order valence-corrected chi connectivity index (χ4v) is 4.50. The van der Waals surface area contributed by atoms with Crippen molar-refractivity contribution in [2.24, 2.45) is 0 Å². The van der Waals surface area contributed by atoms with Crippen LogP contribution in [0.4, 0.5) is 10.5 Å². The van der Waals surface area contributed by atoms with Gasteiger partial charge in [0.05, 0.1) is 19.1 Å². The van der Waals surface area contributed by atoms with Gasteiger partial charge in [-0.15, -0.1) is 0 Å². The van der Waals surface area contributed by atoms with Gasteiger partial charge >= 0.3 is 0 Å². The van der Waals surface area contributed by atoms with Gasteiger partial charge in [-0.1, -0.05) is 35.9 Å². The average molecular weight is 539 g/mol. The number of hydrogen-bond donors (Lipinski definition) is 1. The highest BCUT2D eigenvalue weighted by Crippen LogP contribution is 2.35. The number of ether oxygens (including phenoxy) is 3. The molecule has 3 aromatic rings. The lowest BCUT2D eigenvalue weighted by atomic mass is 10.1. The van der Waals surface area contributed by atoms with Crippen molar-refractivity contribution in [3.63, 3.8) is 0 Å². The van der Waals surface area contributed by atoms with Crippen LogP contribution in [0, 0.1) is 0 Å². The van der Waals surface area contributed by atoms with E-state index in [1.165, 1.54) is 7.11 Å². The van der Waals surface area contributed by atoms with Crippen molar-refractivity contribution in [3.8, 4) is 17.2 Å². The van der Waals surface area contributed by atoms with Gasteiger partial charge in [-0.3, -0.25) is 19.3 Å². The maximum Gasteiger partial charge on any atom is 0.294 e. The fourth-order valence-electron chi connectivity index (χ4n) is 3.47. The first-order valence-corrected chi connectivity index (χ1v) is 12.3. The lowest BCUT2D eigenvalue weighted by Crippen LogP contribution is -2.36. The molecule has 0 atom stereocenters. The number of halogens is 1. The number of imide groups is 1. The van der Waals surface area contributed by atoms with Crippen LogP contribution >= 0.6 is 23.4 Å². The molecule has 1 fully saturated rings. The molecule has 1 aliphatic rings. The van der Waals surface area contributed by atoms with Crippen LogP contribution in [0.3, 0.4) is 0 Å². The molecule has 1 N–H and O–H groups in total. The van der Waals surface area contributed by atoms with E-state index in [1.54, 1.807) is 61.7 Å². The molecule has 1 heterocycles. The molecule has 0 radical (unpaired) electrons. The van der Waals surface area contributed by atoms with E-state index in [0.29, 0.717) is 33.5 Å². The Bertz CT molecular complexity index is 1360. The molecule has 8 nitrogen and oxygen atoms in total. The van der Waals surface area contributed by atoms with Gasteiger partial charge < -0.3 is 19.5 Å². The summed E-state index contributed by atoms with van der Waals surface area (Å²) in [7, 11) is 3.05. The van der Waals surface area contributed by atoms with Crippen molar-refractivity contribution in [2.45, 2.75) is 6.61 Å². The van der Waals surface area contributed by atoms with Gasteiger partial charge in [-0.2, -0.15) is 0 Å². The van der Waals surface area contributed by atoms with E-state index in [1.807, 2.05) is 18.2 Å². The zero-order chi connectivity index (χ0) is 26.4. The lowest BCUT2D eigenvalue weighted by Gasteiger charge is -2.13. The summed E-state index contributed by atoms with van der Waals surface area (Å²) in [4.78, 5) is 38.9. The molecule has 3 aromatic carbocycles. The maximum atomic E-state index is 12.9. The van der Waals surface area contributed by atoms with Crippen LogP contribution in [-0.2, 0) is 16.2 Å². The van der Waals surface area contributed by atoms with E-state index < -0.39 is 23.6 Å². The third kappa shape index (κ3) is 6.44. The second kappa shape index (κ2) is 11.9. The first kappa shape index (κ1) is 26.1. The number of hydrogen-bond acceptors (Lipinski definition) is 7. The number of rotatable bonds is 9. The monoisotopic (exact) mass is 538 g/mol. The van der Waals surface area contributed by atoms with E-state index in [9.17, 15) is 14.4 Å². The summed E-state index contributed by atoms with van der Waals surface area (Å²) in [5.74, 6) is 0.570. The number of thioether (sulfide) groups is 1. The normalized spacial score (nSPS) is 14.1. The Morgan fingerprint density at radius 1 is 1.00 bits per heavy atom.